The summed E-state index contributed by atoms with van der Waals surface area (Å²) in [7, 11) is 0. The van der Waals surface area contributed by atoms with Crippen molar-refractivity contribution in [3.8, 4) is 0 Å². The molecule has 2 heterocycles. The van der Waals surface area contributed by atoms with Crippen LogP contribution in [0.25, 0.3) is 0 Å². The molecule has 0 saturated heterocycles. The summed E-state index contributed by atoms with van der Waals surface area (Å²) in [6, 6.07) is 0. The maximum Gasteiger partial charge on any atom is 0.147 e. The SMILES string of the molecule is CCCNCC(C)(CC)CN1CCn2cnnc2C1. The number of aromatic nitrogens is 3. The second-order valence-corrected chi connectivity index (χ2v) is 5.99. The van der Waals surface area contributed by atoms with Gasteiger partial charge in [0.2, 0.25) is 0 Å². The molecule has 0 amide bonds. The molecule has 0 aliphatic carbocycles. The molecule has 1 aromatic heterocycles. The first-order chi connectivity index (χ1) is 9.17. The molecule has 5 nitrogen and oxygen atoms in total. The van der Waals surface area contributed by atoms with Gasteiger partial charge in [-0.25, -0.2) is 0 Å². The predicted octanol–water partition coefficient (Wildman–Crippen LogP) is 1.51. The summed E-state index contributed by atoms with van der Waals surface area (Å²) in [4.78, 5) is 2.52. The molecule has 0 spiro atoms. The Bertz CT molecular complexity index is 389. The second kappa shape index (κ2) is 6.48. The minimum Gasteiger partial charge on any atom is -0.316 e. The number of hydrogen-bond donors (Lipinski definition) is 1. The highest BCUT2D eigenvalue weighted by molar-refractivity contribution is 4.91. The van der Waals surface area contributed by atoms with Crippen LogP contribution in [0.5, 0.6) is 0 Å². The standard InChI is InChI=1S/C14H27N5/c1-4-6-15-10-14(3,5-2)11-18-7-8-19-12-16-17-13(19)9-18/h12,15H,4-11H2,1-3H3. The summed E-state index contributed by atoms with van der Waals surface area (Å²) in [6.45, 7) is 13.3. The fraction of sp³-hybridized carbons (Fsp3) is 0.857. The summed E-state index contributed by atoms with van der Waals surface area (Å²) in [5.41, 5.74) is 0.345. The van der Waals surface area contributed by atoms with Crippen molar-refractivity contribution < 1.29 is 0 Å². The zero-order valence-electron chi connectivity index (χ0n) is 12.5. The van der Waals surface area contributed by atoms with Gasteiger partial charge in [0.25, 0.3) is 0 Å². The van der Waals surface area contributed by atoms with Crippen LogP contribution in [0.3, 0.4) is 0 Å². The molecule has 1 unspecified atom stereocenters. The average molecular weight is 265 g/mol. The van der Waals surface area contributed by atoms with E-state index in [-0.39, 0.29) is 0 Å². The van der Waals surface area contributed by atoms with Gasteiger partial charge in [0.1, 0.15) is 12.2 Å². The normalized spacial score (nSPS) is 19.1. The van der Waals surface area contributed by atoms with Crippen molar-refractivity contribution in [2.45, 2.75) is 46.7 Å². The molecule has 1 aromatic rings. The van der Waals surface area contributed by atoms with E-state index in [0.29, 0.717) is 5.41 Å². The summed E-state index contributed by atoms with van der Waals surface area (Å²) in [6.07, 6.45) is 4.24. The number of rotatable bonds is 7. The number of nitrogens with one attached hydrogen (secondary N) is 1. The van der Waals surface area contributed by atoms with E-state index in [0.717, 1.165) is 45.1 Å². The van der Waals surface area contributed by atoms with Gasteiger partial charge in [0.15, 0.2) is 0 Å². The summed E-state index contributed by atoms with van der Waals surface area (Å²) in [5, 5.41) is 11.8. The fourth-order valence-electron chi connectivity index (χ4n) is 2.65. The van der Waals surface area contributed by atoms with Crippen LogP contribution in [0.1, 0.15) is 39.4 Å². The third kappa shape index (κ3) is 3.76. The fourth-order valence-corrected chi connectivity index (χ4v) is 2.65. The van der Waals surface area contributed by atoms with Gasteiger partial charge >= 0.3 is 0 Å². The van der Waals surface area contributed by atoms with E-state index in [1.54, 1.807) is 0 Å². The van der Waals surface area contributed by atoms with E-state index in [1.807, 2.05) is 6.33 Å². The van der Waals surface area contributed by atoms with Crippen LogP contribution in [-0.2, 0) is 13.1 Å². The van der Waals surface area contributed by atoms with Gasteiger partial charge in [0, 0.05) is 26.2 Å². The average Bonchev–Trinajstić information content (AvgIpc) is 2.86. The minimum atomic E-state index is 0.345. The van der Waals surface area contributed by atoms with Gasteiger partial charge in [-0.15, -0.1) is 10.2 Å². The molecule has 1 aliphatic rings. The molecular weight excluding hydrogens is 238 g/mol. The highest BCUT2D eigenvalue weighted by Gasteiger charge is 2.27. The molecule has 19 heavy (non-hydrogen) atoms. The van der Waals surface area contributed by atoms with E-state index in [9.17, 15) is 0 Å². The Morgan fingerprint density at radius 3 is 2.95 bits per heavy atom. The highest BCUT2D eigenvalue weighted by atomic mass is 15.3. The van der Waals surface area contributed by atoms with Crippen LogP contribution in [0, 0.1) is 5.41 Å². The predicted molar refractivity (Wildman–Crippen MR) is 76.9 cm³/mol. The van der Waals surface area contributed by atoms with Crippen molar-refractivity contribution in [1.82, 2.24) is 25.0 Å². The van der Waals surface area contributed by atoms with Gasteiger partial charge in [-0.1, -0.05) is 20.8 Å². The first kappa shape index (κ1) is 14.5. The molecule has 2 rings (SSSR count). The Morgan fingerprint density at radius 2 is 2.21 bits per heavy atom. The third-order valence-corrected chi connectivity index (χ3v) is 4.16. The van der Waals surface area contributed by atoms with E-state index in [2.05, 4.69) is 45.8 Å². The summed E-state index contributed by atoms with van der Waals surface area (Å²) < 4.78 is 2.16. The molecule has 5 heteroatoms. The van der Waals surface area contributed by atoms with Crippen LogP contribution < -0.4 is 5.32 Å². The monoisotopic (exact) mass is 265 g/mol. The topological polar surface area (TPSA) is 46.0 Å². The van der Waals surface area contributed by atoms with Gasteiger partial charge in [-0.2, -0.15) is 0 Å². The second-order valence-electron chi connectivity index (χ2n) is 5.99. The Labute approximate surface area is 116 Å². The van der Waals surface area contributed by atoms with Crippen LogP contribution in [0.4, 0.5) is 0 Å². The van der Waals surface area contributed by atoms with Crippen LogP contribution in [-0.4, -0.2) is 45.8 Å². The first-order valence-corrected chi connectivity index (χ1v) is 7.46. The zero-order chi connectivity index (χ0) is 13.7. The molecule has 0 radical (unpaired) electrons. The maximum atomic E-state index is 4.19. The van der Waals surface area contributed by atoms with Crippen LogP contribution in [0.2, 0.25) is 0 Å². The van der Waals surface area contributed by atoms with Crippen LogP contribution >= 0.6 is 0 Å². The first-order valence-electron chi connectivity index (χ1n) is 7.46. The lowest BCUT2D eigenvalue weighted by Crippen LogP contribution is -2.44. The van der Waals surface area contributed by atoms with Crippen molar-refractivity contribution in [1.29, 1.82) is 0 Å². The third-order valence-electron chi connectivity index (χ3n) is 4.16. The molecule has 0 bridgehead atoms. The Balaban J connectivity index is 1.88. The lowest BCUT2D eigenvalue weighted by Gasteiger charge is -2.36. The number of fused-ring (bicyclic) bond motifs is 1. The molecule has 0 saturated carbocycles. The molecule has 1 N–H and O–H groups in total. The van der Waals surface area contributed by atoms with Gasteiger partial charge in [-0.3, -0.25) is 4.90 Å². The molecular formula is C14H27N5. The van der Waals surface area contributed by atoms with Crippen molar-refractivity contribution in [2.24, 2.45) is 5.41 Å². The van der Waals surface area contributed by atoms with Gasteiger partial charge < -0.3 is 9.88 Å². The Morgan fingerprint density at radius 1 is 1.37 bits per heavy atom. The van der Waals surface area contributed by atoms with Crippen LogP contribution in [0.15, 0.2) is 6.33 Å². The molecule has 1 aliphatic heterocycles. The lowest BCUT2D eigenvalue weighted by atomic mass is 9.86. The highest BCUT2D eigenvalue weighted by Crippen LogP contribution is 2.23. The number of hydrogen-bond acceptors (Lipinski definition) is 4. The van der Waals surface area contributed by atoms with Gasteiger partial charge in [-0.05, 0) is 24.8 Å². The van der Waals surface area contributed by atoms with Crippen molar-refractivity contribution in [2.75, 3.05) is 26.2 Å². The lowest BCUT2D eigenvalue weighted by molar-refractivity contribution is 0.127. The Hall–Kier alpha value is -0.940. The maximum absolute atomic E-state index is 4.19. The molecule has 1 atom stereocenters. The zero-order valence-corrected chi connectivity index (χ0v) is 12.5. The van der Waals surface area contributed by atoms with Crippen molar-refractivity contribution in [3.63, 3.8) is 0 Å². The molecule has 108 valence electrons. The summed E-state index contributed by atoms with van der Waals surface area (Å²) in [5.74, 6) is 1.10. The minimum absolute atomic E-state index is 0.345. The smallest absolute Gasteiger partial charge is 0.147 e. The quantitative estimate of drug-likeness (QED) is 0.759. The molecule has 0 aromatic carbocycles. The van der Waals surface area contributed by atoms with E-state index in [4.69, 9.17) is 0 Å². The Kier molecular flexibility index (Phi) is 4.93. The largest absolute Gasteiger partial charge is 0.316 e. The summed E-state index contributed by atoms with van der Waals surface area (Å²) >= 11 is 0. The van der Waals surface area contributed by atoms with E-state index < -0.39 is 0 Å². The molecule has 0 fully saturated rings. The van der Waals surface area contributed by atoms with Crippen molar-refractivity contribution >= 4 is 0 Å². The van der Waals surface area contributed by atoms with E-state index in [1.165, 1.54) is 12.8 Å². The van der Waals surface area contributed by atoms with Gasteiger partial charge in [0.05, 0.1) is 6.54 Å². The number of nitrogens with zero attached hydrogens (tertiary/aromatic N) is 4. The van der Waals surface area contributed by atoms with Crippen molar-refractivity contribution in [3.05, 3.63) is 12.2 Å². The van der Waals surface area contributed by atoms with E-state index >= 15 is 0 Å².